The Kier molecular flexibility index (Phi) is 5.70. The molecule has 4 aliphatic heterocycles. The van der Waals surface area contributed by atoms with E-state index in [2.05, 4.69) is 192 Å². The molecule has 0 aromatic heterocycles. The molecule has 2 nitrogen and oxygen atoms in total. The summed E-state index contributed by atoms with van der Waals surface area (Å²) in [4.78, 5) is 5.19. The second-order valence-corrected chi connectivity index (χ2v) is 14.4. The van der Waals surface area contributed by atoms with Crippen LogP contribution in [0, 0.1) is 0 Å². The fourth-order valence-corrected chi connectivity index (χ4v) is 9.84. The lowest BCUT2D eigenvalue weighted by Gasteiger charge is -2.44. The maximum absolute atomic E-state index is 2.60. The second kappa shape index (κ2) is 10.5. The van der Waals surface area contributed by atoms with Crippen LogP contribution in [-0.4, -0.2) is 13.7 Å². The van der Waals surface area contributed by atoms with Crippen LogP contribution in [0.3, 0.4) is 0 Å². The lowest BCUT2D eigenvalue weighted by molar-refractivity contribution is 1.34. The van der Waals surface area contributed by atoms with Crippen molar-refractivity contribution in [2.45, 2.75) is 0 Å². The summed E-state index contributed by atoms with van der Waals surface area (Å²) in [6.45, 7) is 0.138. The minimum Gasteiger partial charge on any atom is -0.376 e. The molecule has 0 spiro atoms. The van der Waals surface area contributed by atoms with Gasteiger partial charge in [0.1, 0.15) is 0 Å². The van der Waals surface area contributed by atoms with E-state index in [9.17, 15) is 0 Å². The molecule has 0 bridgehead atoms. The Bertz CT molecular complexity index is 2800. The third kappa shape index (κ3) is 3.66. The molecule has 0 radical (unpaired) electrons. The maximum atomic E-state index is 2.60. The van der Waals surface area contributed by atoms with E-state index in [-0.39, 0.29) is 13.7 Å². The summed E-state index contributed by atoms with van der Waals surface area (Å²) >= 11 is 0. The van der Waals surface area contributed by atoms with Crippen LogP contribution in [0.4, 0.5) is 22.7 Å². The first-order chi connectivity index (χ1) is 25.8. The van der Waals surface area contributed by atoms with Crippen molar-refractivity contribution in [3.63, 3.8) is 0 Å². The lowest BCUT2D eigenvalue weighted by Crippen LogP contribution is -2.60. The molecule has 0 aliphatic carbocycles. The van der Waals surface area contributed by atoms with Crippen LogP contribution in [0.15, 0.2) is 182 Å². The van der Waals surface area contributed by atoms with E-state index in [1.807, 2.05) is 0 Å². The highest BCUT2D eigenvalue weighted by atomic mass is 15.1. The summed E-state index contributed by atoms with van der Waals surface area (Å²) in [5, 5.41) is 0. The molecular formula is C48H30B2N2. The summed E-state index contributed by atoms with van der Waals surface area (Å²) in [6, 6.07) is 68.0. The number of fused-ring (bicyclic) bond motifs is 22. The monoisotopic (exact) mass is 656 g/mol. The highest BCUT2D eigenvalue weighted by Gasteiger charge is 2.45. The lowest BCUT2D eigenvalue weighted by atomic mass is 9.42. The fourth-order valence-electron chi connectivity index (χ4n) is 9.84. The van der Waals surface area contributed by atoms with Gasteiger partial charge in [-0.15, -0.1) is 0 Å². The number of rotatable bonds is 1. The van der Waals surface area contributed by atoms with Gasteiger partial charge in [-0.1, -0.05) is 152 Å². The third-order valence-corrected chi connectivity index (χ3v) is 11.9. The number of nitrogens with zero attached hydrogens (tertiary/aromatic N) is 2. The summed E-state index contributed by atoms with van der Waals surface area (Å²) in [7, 11) is 0. The fraction of sp³-hybridized carbons (Fsp3) is 0. The van der Waals surface area contributed by atoms with Gasteiger partial charge in [-0.25, -0.2) is 0 Å². The topological polar surface area (TPSA) is 6.48 Å². The number of hydrogen-bond acceptors (Lipinski definition) is 2. The molecule has 0 atom stereocenters. The Balaban J connectivity index is 1.12. The van der Waals surface area contributed by atoms with Crippen molar-refractivity contribution in [1.29, 1.82) is 0 Å². The van der Waals surface area contributed by atoms with E-state index < -0.39 is 0 Å². The largest absolute Gasteiger partial charge is 0.376 e. The molecule has 238 valence electrons. The standard InChI is InChI=1S/C48H30B2N2/c1-7-22-41-33(14-1)36-17-4-10-25-44(36)51-47-29-28-31(30-40(47)35-16-3-8-23-42(35)49(41)51)32-20-13-21-39-38-19-6-12-27-46(38)52-45-26-11-5-18-37(45)34-15-2-9-24-43(34)50(52)48(32)39/h1-30H. The van der Waals surface area contributed by atoms with Gasteiger partial charge in [0.15, 0.2) is 0 Å². The van der Waals surface area contributed by atoms with Gasteiger partial charge in [-0.05, 0) is 85.6 Å². The van der Waals surface area contributed by atoms with Gasteiger partial charge in [0.2, 0.25) is 0 Å². The second-order valence-electron chi connectivity index (χ2n) is 14.4. The van der Waals surface area contributed by atoms with Crippen LogP contribution >= 0.6 is 0 Å². The van der Waals surface area contributed by atoms with Gasteiger partial charge in [-0.2, -0.15) is 0 Å². The molecule has 0 unspecified atom stereocenters. The number of para-hydroxylation sites is 3. The van der Waals surface area contributed by atoms with E-state index in [0.717, 1.165) is 0 Å². The summed E-state index contributed by atoms with van der Waals surface area (Å²) < 4.78 is 0. The van der Waals surface area contributed by atoms with Gasteiger partial charge in [0, 0.05) is 45.0 Å². The molecule has 0 saturated carbocycles. The Labute approximate surface area is 304 Å². The van der Waals surface area contributed by atoms with Gasteiger partial charge < -0.3 is 9.62 Å². The molecule has 0 amide bonds. The average molecular weight is 656 g/mol. The summed E-state index contributed by atoms with van der Waals surface area (Å²) in [5.74, 6) is 0. The highest BCUT2D eigenvalue weighted by molar-refractivity contribution is 6.94. The summed E-state index contributed by atoms with van der Waals surface area (Å²) in [6.07, 6.45) is 0. The molecule has 8 aromatic carbocycles. The molecule has 8 aromatic rings. The van der Waals surface area contributed by atoms with Gasteiger partial charge >= 0.3 is 13.7 Å². The van der Waals surface area contributed by atoms with Crippen LogP contribution in [-0.2, 0) is 0 Å². The third-order valence-electron chi connectivity index (χ3n) is 11.9. The minimum atomic E-state index is 0.0328. The predicted octanol–water partition coefficient (Wildman–Crippen LogP) is 9.16. The quantitative estimate of drug-likeness (QED) is 0.163. The molecule has 4 heterocycles. The zero-order chi connectivity index (χ0) is 33.9. The highest BCUT2D eigenvalue weighted by Crippen LogP contribution is 2.49. The zero-order valence-electron chi connectivity index (χ0n) is 28.4. The smallest absolute Gasteiger partial charge is 0.330 e. The zero-order valence-corrected chi connectivity index (χ0v) is 28.4. The van der Waals surface area contributed by atoms with Crippen molar-refractivity contribution >= 4 is 58.3 Å². The number of hydrogen-bond donors (Lipinski definition) is 0. The van der Waals surface area contributed by atoms with Crippen molar-refractivity contribution in [3.05, 3.63) is 182 Å². The minimum absolute atomic E-state index is 0.0328. The van der Waals surface area contributed by atoms with E-state index >= 15 is 0 Å². The molecule has 0 fully saturated rings. The first-order valence-electron chi connectivity index (χ1n) is 18.3. The van der Waals surface area contributed by atoms with Crippen molar-refractivity contribution in [1.82, 2.24) is 0 Å². The SMILES string of the molecule is c1ccc2c(c1)B1c3ccccc3-c3cc(-c4cccc5c4B4c6ccccc6-c6ccccc6N4c4ccccc4-5)ccc3N1c1ccccc1-2. The Hall–Kier alpha value is -6.51. The van der Waals surface area contributed by atoms with Crippen LogP contribution in [0.1, 0.15) is 0 Å². The van der Waals surface area contributed by atoms with Crippen LogP contribution in [0.5, 0.6) is 0 Å². The Morgan fingerprint density at radius 3 is 1.23 bits per heavy atom. The predicted molar refractivity (Wildman–Crippen MR) is 221 cm³/mol. The first kappa shape index (κ1) is 28.2. The Morgan fingerprint density at radius 1 is 0.269 bits per heavy atom. The van der Waals surface area contributed by atoms with E-state index in [1.54, 1.807) is 0 Å². The number of benzene rings is 8. The van der Waals surface area contributed by atoms with Gasteiger partial charge in [0.05, 0.1) is 0 Å². The molecule has 4 aliphatic rings. The first-order valence-corrected chi connectivity index (χ1v) is 18.3. The van der Waals surface area contributed by atoms with Crippen LogP contribution in [0.25, 0.3) is 55.6 Å². The molecule has 0 N–H and O–H groups in total. The number of anilines is 4. The van der Waals surface area contributed by atoms with Gasteiger partial charge in [0.25, 0.3) is 0 Å². The van der Waals surface area contributed by atoms with Crippen molar-refractivity contribution < 1.29 is 0 Å². The molecule has 0 saturated heterocycles. The van der Waals surface area contributed by atoms with E-state index in [4.69, 9.17) is 0 Å². The average Bonchev–Trinajstić information content (AvgIpc) is 3.23. The van der Waals surface area contributed by atoms with Crippen molar-refractivity contribution in [2.75, 3.05) is 9.62 Å². The maximum Gasteiger partial charge on any atom is 0.330 e. The molecule has 4 heteroatoms. The van der Waals surface area contributed by atoms with Crippen LogP contribution in [0.2, 0.25) is 0 Å². The Morgan fingerprint density at radius 2 is 0.654 bits per heavy atom. The molecular weight excluding hydrogens is 626 g/mol. The molecule has 12 rings (SSSR count). The van der Waals surface area contributed by atoms with Gasteiger partial charge in [-0.3, -0.25) is 0 Å². The van der Waals surface area contributed by atoms with E-state index in [1.165, 1.54) is 100 Å². The molecule has 52 heavy (non-hydrogen) atoms. The van der Waals surface area contributed by atoms with E-state index in [0.29, 0.717) is 0 Å². The van der Waals surface area contributed by atoms with Crippen molar-refractivity contribution in [3.8, 4) is 55.6 Å². The van der Waals surface area contributed by atoms with Crippen molar-refractivity contribution in [2.24, 2.45) is 0 Å². The van der Waals surface area contributed by atoms with Crippen LogP contribution < -0.4 is 31.5 Å². The normalized spacial score (nSPS) is 13.6. The summed E-state index contributed by atoms with van der Waals surface area (Å²) in [5.41, 5.74) is 23.3.